The molecule has 2 N–H and O–H groups in total. The average Bonchev–Trinajstić information content (AvgIpc) is 2.24. The second kappa shape index (κ2) is 4.05. The number of rotatable bonds is 4. The molecule has 0 unspecified atom stereocenters. The van der Waals surface area contributed by atoms with Crippen LogP contribution in [0.25, 0.3) is 0 Å². The Morgan fingerprint density at radius 3 is 2.69 bits per heavy atom. The maximum absolute atomic E-state index is 10.4. The minimum Gasteiger partial charge on any atom is -0.394 e. The van der Waals surface area contributed by atoms with Gasteiger partial charge in [0.15, 0.2) is 0 Å². The summed E-state index contributed by atoms with van der Waals surface area (Å²) in [6.45, 7) is 0.0612. The van der Waals surface area contributed by atoms with Crippen LogP contribution in [0.15, 0.2) is 18.3 Å². The van der Waals surface area contributed by atoms with Crippen molar-refractivity contribution in [2.75, 3.05) is 11.9 Å². The Kier molecular flexibility index (Phi) is 2.74. The van der Waals surface area contributed by atoms with Gasteiger partial charge in [0, 0.05) is 6.07 Å². The van der Waals surface area contributed by atoms with E-state index in [1.165, 1.54) is 12.3 Å². The fourth-order valence-corrected chi connectivity index (χ4v) is 1.77. The number of aliphatic hydroxyl groups excluding tert-OH is 1. The minimum absolute atomic E-state index is 0.0304. The third-order valence-corrected chi connectivity index (χ3v) is 2.97. The first kappa shape index (κ1) is 10.8. The summed E-state index contributed by atoms with van der Waals surface area (Å²) in [5.74, 6) is 0.569. The van der Waals surface area contributed by atoms with Crippen LogP contribution < -0.4 is 5.32 Å². The van der Waals surface area contributed by atoms with Crippen molar-refractivity contribution in [1.82, 2.24) is 4.98 Å². The highest BCUT2D eigenvalue weighted by molar-refractivity contribution is 5.43. The van der Waals surface area contributed by atoms with Gasteiger partial charge in [0.2, 0.25) is 0 Å². The lowest BCUT2D eigenvalue weighted by Gasteiger charge is -2.41. The second-order valence-electron chi connectivity index (χ2n) is 4.08. The third-order valence-electron chi connectivity index (χ3n) is 2.97. The smallest absolute Gasteiger partial charge is 0.287 e. The fraction of sp³-hybridized carbons (Fsp3) is 0.500. The zero-order valence-electron chi connectivity index (χ0n) is 8.72. The van der Waals surface area contributed by atoms with Crippen LogP contribution in [0.4, 0.5) is 11.5 Å². The van der Waals surface area contributed by atoms with Gasteiger partial charge in [0.25, 0.3) is 5.69 Å². The number of hydrogen-bond donors (Lipinski definition) is 2. The van der Waals surface area contributed by atoms with Crippen molar-refractivity contribution in [1.29, 1.82) is 0 Å². The van der Waals surface area contributed by atoms with Gasteiger partial charge in [-0.25, -0.2) is 4.98 Å². The van der Waals surface area contributed by atoms with Crippen molar-refractivity contribution in [2.45, 2.75) is 24.8 Å². The molecule has 0 aliphatic heterocycles. The fourth-order valence-electron chi connectivity index (χ4n) is 1.77. The Labute approximate surface area is 92.5 Å². The van der Waals surface area contributed by atoms with E-state index in [0.717, 1.165) is 19.3 Å². The second-order valence-corrected chi connectivity index (χ2v) is 4.08. The first-order valence-electron chi connectivity index (χ1n) is 5.15. The molecular formula is C10H13N3O3. The van der Waals surface area contributed by atoms with Crippen LogP contribution in [0.5, 0.6) is 0 Å². The van der Waals surface area contributed by atoms with Crippen LogP contribution in [0.3, 0.4) is 0 Å². The molecule has 1 fully saturated rings. The summed E-state index contributed by atoms with van der Waals surface area (Å²) in [6, 6.07) is 2.97. The summed E-state index contributed by atoms with van der Waals surface area (Å²) < 4.78 is 0. The molecule has 2 rings (SSSR count). The van der Waals surface area contributed by atoms with Crippen LogP contribution >= 0.6 is 0 Å². The summed E-state index contributed by atoms with van der Waals surface area (Å²) in [6.07, 6.45) is 4.11. The van der Waals surface area contributed by atoms with Gasteiger partial charge in [-0.15, -0.1) is 0 Å². The van der Waals surface area contributed by atoms with Crippen LogP contribution in [-0.4, -0.2) is 27.2 Å². The van der Waals surface area contributed by atoms with E-state index >= 15 is 0 Å². The Balaban J connectivity index is 2.07. The number of nitrogens with zero attached hydrogens (tertiary/aromatic N) is 2. The Morgan fingerprint density at radius 2 is 2.31 bits per heavy atom. The lowest BCUT2D eigenvalue weighted by Crippen LogP contribution is -2.48. The SMILES string of the molecule is O=[N+]([O-])c1ccc(NC2(CO)CCC2)nc1. The predicted molar refractivity (Wildman–Crippen MR) is 58.2 cm³/mol. The highest BCUT2D eigenvalue weighted by Crippen LogP contribution is 2.34. The molecule has 0 bridgehead atoms. The maximum atomic E-state index is 10.4. The van der Waals surface area contributed by atoms with E-state index in [-0.39, 0.29) is 17.8 Å². The molecule has 0 spiro atoms. The molecule has 0 aromatic carbocycles. The molecule has 1 saturated carbocycles. The van der Waals surface area contributed by atoms with Gasteiger partial charge in [-0.3, -0.25) is 10.1 Å². The van der Waals surface area contributed by atoms with Crippen LogP contribution in [0.2, 0.25) is 0 Å². The van der Waals surface area contributed by atoms with E-state index in [9.17, 15) is 15.2 Å². The molecule has 1 aromatic rings. The molecule has 16 heavy (non-hydrogen) atoms. The van der Waals surface area contributed by atoms with Gasteiger partial charge in [-0.2, -0.15) is 0 Å². The number of hydrogen-bond acceptors (Lipinski definition) is 5. The van der Waals surface area contributed by atoms with E-state index in [1.54, 1.807) is 6.07 Å². The Morgan fingerprint density at radius 1 is 1.56 bits per heavy atom. The highest BCUT2D eigenvalue weighted by Gasteiger charge is 2.36. The lowest BCUT2D eigenvalue weighted by molar-refractivity contribution is -0.385. The van der Waals surface area contributed by atoms with Gasteiger partial charge >= 0.3 is 0 Å². The van der Waals surface area contributed by atoms with Gasteiger partial charge in [0.1, 0.15) is 12.0 Å². The van der Waals surface area contributed by atoms with E-state index in [1.807, 2.05) is 0 Å². The van der Waals surface area contributed by atoms with Crippen molar-refractivity contribution < 1.29 is 10.0 Å². The molecule has 1 aliphatic carbocycles. The standard InChI is InChI=1S/C10H13N3O3/c14-7-10(4-1-5-10)12-9-3-2-8(6-11-9)13(15)16/h2-3,6,14H,1,4-5,7H2,(H,11,12). The molecule has 0 amide bonds. The average molecular weight is 223 g/mol. The summed E-state index contributed by atoms with van der Waals surface area (Å²) >= 11 is 0. The third kappa shape index (κ3) is 1.96. The number of nitrogens with one attached hydrogen (secondary N) is 1. The molecule has 1 heterocycles. The molecule has 6 nitrogen and oxygen atoms in total. The first-order chi connectivity index (χ1) is 7.65. The summed E-state index contributed by atoms with van der Waals surface area (Å²) in [7, 11) is 0. The first-order valence-corrected chi connectivity index (χ1v) is 5.15. The number of nitro groups is 1. The molecule has 6 heteroatoms. The quantitative estimate of drug-likeness (QED) is 0.593. The van der Waals surface area contributed by atoms with Gasteiger partial charge in [-0.05, 0) is 25.3 Å². The Bertz CT molecular complexity index is 381. The molecule has 1 aromatic heterocycles. The number of aliphatic hydroxyl groups is 1. The van der Waals surface area contributed by atoms with E-state index in [0.29, 0.717) is 5.82 Å². The van der Waals surface area contributed by atoms with Crippen LogP contribution in [0, 0.1) is 10.1 Å². The van der Waals surface area contributed by atoms with Crippen molar-refractivity contribution >= 4 is 11.5 Å². The molecular weight excluding hydrogens is 210 g/mol. The topological polar surface area (TPSA) is 88.3 Å². The monoisotopic (exact) mass is 223 g/mol. The van der Waals surface area contributed by atoms with E-state index in [4.69, 9.17) is 0 Å². The molecule has 0 radical (unpaired) electrons. The summed E-state index contributed by atoms with van der Waals surface area (Å²) in [4.78, 5) is 13.9. The maximum Gasteiger partial charge on any atom is 0.287 e. The zero-order chi connectivity index (χ0) is 11.6. The minimum atomic E-state index is -0.484. The summed E-state index contributed by atoms with van der Waals surface area (Å²) in [5, 5.41) is 22.8. The molecule has 0 atom stereocenters. The van der Waals surface area contributed by atoms with Gasteiger partial charge < -0.3 is 10.4 Å². The van der Waals surface area contributed by atoms with E-state index < -0.39 is 4.92 Å². The largest absolute Gasteiger partial charge is 0.394 e. The van der Waals surface area contributed by atoms with Crippen molar-refractivity contribution in [3.05, 3.63) is 28.4 Å². The highest BCUT2D eigenvalue weighted by atomic mass is 16.6. The van der Waals surface area contributed by atoms with Crippen molar-refractivity contribution in [2.24, 2.45) is 0 Å². The van der Waals surface area contributed by atoms with Gasteiger partial charge in [-0.1, -0.05) is 0 Å². The zero-order valence-corrected chi connectivity index (χ0v) is 8.72. The Hall–Kier alpha value is -1.69. The van der Waals surface area contributed by atoms with Crippen LogP contribution in [0.1, 0.15) is 19.3 Å². The summed E-state index contributed by atoms with van der Waals surface area (Å²) in [5.41, 5.74) is -0.305. The van der Waals surface area contributed by atoms with Gasteiger partial charge in [0.05, 0.1) is 17.1 Å². The number of aromatic nitrogens is 1. The molecule has 1 aliphatic rings. The number of pyridine rings is 1. The normalized spacial score (nSPS) is 17.6. The molecule has 0 saturated heterocycles. The van der Waals surface area contributed by atoms with E-state index in [2.05, 4.69) is 10.3 Å². The molecule has 86 valence electrons. The van der Waals surface area contributed by atoms with Crippen LogP contribution in [-0.2, 0) is 0 Å². The van der Waals surface area contributed by atoms with Crippen molar-refractivity contribution in [3.8, 4) is 0 Å². The predicted octanol–water partition coefficient (Wildman–Crippen LogP) is 1.32. The number of anilines is 1. The lowest BCUT2D eigenvalue weighted by atomic mass is 9.77. The van der Waals surface area contributed by atoms with Crippen molar-refractivity contribution in [3.63, 3.8) is 0 Å².